The highest BCUT2D eigenvalue weighted by molar-refractivity contribution is 5.68. The van der Waals surface area contributed by atoms with Crippen LogP contribution >= 0.6 is 0 Å². The van der Waals surface area contributed by atoms with Crippen LogP contribution in [-0.2, 0) is 4.74 Å². The van der Waals surface area contributed by atoms with E-state index >= 15 is 0 Å². The highest BCUT2D eigenvalue weighted by Gasteiger charge is 2.32. The van der Waals surface area contributed by atoms with Crippen LogP contribution in [0.5, 0.6) is 0 Å². The third-order valence-electron chi connectivity index (χ3n) is 2.85. The third kappa shape index (κ3) is 4.52. The van der Waals surface area contributed by atoms with Crippen LogP contribution in [0.2, 0.25) is 0 Å². The molecule has 0 radical (unpaired) electrons. The monoisotopic (exact) mass is 245 g/mol. The molecule has 0 aromatic heterocycles. The van der Waals surface area contributed by atoms with Crippen molar-refractivity contribution in [3.63, 3.8) is 0 Å². The molecule has 2 atom stereocenters. The summed E-state index contributed by atoms with van der Waals surface area (Å²) in [5.74, 6) is 0.0506. The summed E-state index contributed by atoms with van der Waals surface area (Å²) < 4.78 is 5.27. The van der Waals surface area contributed by atoms with Gasteiger partial charge >= 0.3 is 6.09 Å². The Hall–Kier alpha value is -0.810. The average Bonchev–Trinajstić information content (AvgIpc) is 2.63. The van der Waals surface area contributed by atoms with Crippen molar-refractivity contribution in [2.75, 3.05) is 19.7 Å². The van der Waals surface area contributed by atoms with E-state index in [1.807, 2.05) is 20.8 Å². The van der Waals surface area contributed by atoms with Crippen LogP contribution in [0.1, 0.15) is 33.6 Å². The minimum Gasteiger partial charge on any atom is -0.444 e. The number of ether oxygens (including phenoxy) is 1. The number of carbonyl (C=O) groups is 1. The molecule has 1 unspecified atom stereocenters. The highest BCUT2D eigenvalue weighted by atomic mass is 16.6. The Kier molecular flexibility index (Phi) is 4.77. The molecule has 17 heavy (non-hydrogen) atoms. The van der Waals surface area contributed by atoms with E-state index in [9.17, 15) is 9.90 Å². The molecule has 0 aromatic carbocycles. The number of nitrogens with zero attached hydrogens (tertiary/aromatic N) is 1. The van der Waals surface area contributed by atoms with Gasteiger partial charge in [-0.3, -0.25) is 0 Å². The first-order chi connectivity index (χ1) is 7.83. The second-order valence-corrected chi connectivity index (χ2v) is 5.55. The molecule has 0 bridgehead atoms. The summed E-state index contributed by atoms with van der Waals surface area (Å²) >= 11 is 0. The zero-order chi connectivity index (χ0) is 13.1. The Morgan fingerprint density at radius 1 is 1.53 bits per heavy atom. The van der Waals surface area contributed by atoms with Crippen molar-refractivity contribution >= 4 is 6.09 Å². The molecule has 0 spiro atoms. The molecule has 1 rings (SSSR count). The molecule has 1 fully saturated rings. The van der Waals surface area contributed by atoms with Crippen LogP contribution in [0.3, 0.4) is 0 Å². The maximum Gasteiger partial charge on any atom is 0.410 e. The molecule has 1 saturated heterocycles. The molecular formula is C12H23NO4. The molecule has 0 saturated carbocycles. The SMILES string of the molecule is CC(C)(C)OC(=O)N1CCC([C@H](O)CCO)C1. The van der Waals surface area contributed by atoms with Crippen molar-refractivity contribution in [2.45, 2.75) is 45.3 Å². The predicted octanol–water partition coefficient (Wildman–Crippen LogP) is 0.987. The van der Waals surface area contributed by atoms with Gasteiger partial charge in [0.15, 0.2) is 0 Å². The quantitative estimate of drug-likeness (QED) is 0.778. The number of rotatable bonds is 3. The molecule has 0 aromatic rings. The summed E-state index contributed by atoms with van der Waals surface area (Å²) in [6.07, 6.45) is 0.274. The number of hydrogen-bond acceptors (Lipinski definition) is 4. The van der Waals surface area contributed by atoms with Crippen LogP contribution < -0.4 is 0 Å². The lowest BCUT2D eigenvalue weighted by Gasteiger charge is -2.25. The Labute approximate surface area is 102 Å². The van der Waals surface area contributed by atoms with Crippen LogP contribution in [0.25, 0.3) is 0 Å². The van der Waals surface area contributed by atoms with E-state index in [0.29, 0.717) is 19.5 Å². The van der Waals surface area contributed by atoms with Gasteiger partial charge in [-0.1, -0.05) is 0 Å². The molecule has 2 N–H and O–H groups in total. The van der Waals surface area contributed by atoms with E-state index in [-0.39, 0.29) is 18.6 Å². The van der Waals surface area contributed by atoms with Crippen LogP contribution in [0, 0.1) is 5.92 Å². The van der Waals surface area contributed by atoms with Crippen molar-refractivity contribution < 1.29 is 19.7 Å². The molecule has 1 heterocycles. The number of likely N-dealkylation sites (tertiary alicyclic amines) is 1. The molecule has 1 amide bonds. The van der Waals surface area contributed by atoms with E-state index in [4.69, 9.17) is 9.84 Å². The zero-order valence-corrected chi connectivity index (χ0v) is 10.8. The normalized spacial score (nSPS) is 22.6. The second kappa shape index (κ2) is 5.69. The summed E-state index contributed by atoms with van der Waals surface area (Å²) in [6.45, 7) is 6.60. The molecule has 5 heteroatoms. The smallest absolute Gasteiger partial charge is 0.410 e. The van der Waals surface area contributed by atoms with Gasteiger partial charge in [0.25, 0.3) is 0 Å². The topological polar surface area (TPSA) is 70.0 Å². The Morgan fingerprint density at radius 2 is 2.18 bits per heavy atom. The van der Waals surface area contributed by atoms with Gasteiger partial charge in [-0.25, -0.2) is 4.79 Å². The lowest BCUT2D eigenvalue weighted by atomic mass is 9.99. The maximum absolute atomic E-state index is 11.8. The number of aliphatic hydroxyl groups is 2. The van der Waals surface area contributed by atoms with Crippen molar-refractivity contribution in [1.82, 2.24) is 4.90 Å². The fraction of sp³-hybridized carbons (Fsp3) is 0.917. The standard InChI is InChI=1S/C12H23NO4/c1-12(2,3)17-11(16)13-6-4-9(8-13)10(15)5-7-14/h9-10,14-15H,4-8H2,1-3H3/t9?,10-/m1/s1. The minimum absolute atomic E-state index is 0.0237. The van der Waals surface area contributed by atoms with Crippen LogP contribution in [0.4, 0.5) is 4.79 Å². The summed E-state index contributed by atoms with van der Waals surface area (Å²) in [5.41, 5.74) is -0.487. The lowest BCUT2D eigenvalue weighted by Crippen LogP contribution is -2.36. The van der Waals surface area contributed by atoms with Gasteiger partial charge < -0.3 is 19.8 Å². The zero-order valence-electron chi connectivity index (χ0n) is 10.8. The maximum atomic E-state index is 11.8. The van der Waals surface area contributed by atoms with Gasteiger partial charge in [0.05, 0.1) is 6.10 Å². The van der Waals surface area contributed by atoms with Crippen molar-refractivity contribution in [1.29, 1.82) is 0 Å². The summed E-state index contributed by atoms with van der Waals surface area (Å²) in [4.78, 5) is 13.4. The van der Waals surface area contributed by atoms with Gasteiger partial charge in [-0.2, -0.15) is 0 Å². The fourth-order valence-corrected chi connectivity index (χ4v) is 1.96. The van der Waals surface area contributed by atoms with Gasteiger partial charge in [-0.15, -0.1) is 0 Å². The molecular weight excluding hydrogens is 222 g/mol. The van der Waals surface area contributed by atoms with E-state index in [1.54, 1.807) is 4.90 Å². The van der Waals surface area contributed by atoms with Gasteiger partial charge in [0, 0.05) is 25.6 Å². The van der Waals surface area contributed by atoms with E-state index in [2.05, 4.69) is 0 Å². The summed E-state index contributed by atoms with van der Waals surface area (Å²) in [6, 6.07) is 0. The van der Waals surface area contributed by atoms with Crippen LogP contribution in [0.15, 0.2) is 0 Å². The van der Waals surface area contributed by atoms with E-state index in [1.165, 1.54) is 0 Å². The number of amides is 1. The van der Waals surface area contributed by atoms with E-state index in [0.717, 1.165) is 6.42 Å². The number of aliphatic hydroxyl groups excluding tert-OH is 2. The molecule has 0 aliphatic carbocycles. The first-order valence-corrected chi connectivity index (χ1v) is 6.10. The number of hydrogen-bond donors (Lipinski definition) is 2. The first kappa shape index (κ1) is 14.3. The Balaban J connectivity index is 2.42. The minimum atomic E-state index is -0.535. The third-order valence-corrected chi connectivity index (χ3v) is 2.85. The lowest BCUT2D eigenvalue weighted by molar-refractivity contribution is 0.0261. The largest absolute Gasteiger partial charge is 0.444 e. The highest BCUT2D eigenvalue weighted by Crippen LogP contribution is 2.23. The van der Waals surface area contributed by atoms with Gasteiger partial charge in [-0.05, 0) is 33.6 Å². The van der Waals surface area contributed by atoms with Gasteiger partial charge in [0.1, 0.15) is 5.60 Å². The van der Waals surface area contributed by atoms with Crippen molar-refractivity contribution in [2.24, 2.45) is 5.92 Å². The summed E-state index contributed by atoms with van der Waals surface area (Å²) in [5, 5.41) is 18.5. The average molecular weight is 245 g/mol. The summed E-state index contributed by atoms with van der Waals surface area (Å²) in [7, 11) is 0. The van der Waals surface area contributed by atoms with Crippen LogP contribution in [-0.4, -0.2) is 52.6 Å². The second-order valence-electron chi connectivity index (χ2n) is 5.55. The van der Waals surface area contributed by atoms with Gasteiger partial charge in [0.2, 0.25) is 0 Å². The fourth-order valence-electron chi connectivity index (χ4n) is 1.96. The molecule has 1 aliphatic rings. The van der Waals surface area contributed by atoms with E-state index < -0.39 is 11.7 Å². The Bertz CT molecular complexity index is 262. The van der Waals surface area contributed by atoms with Crippen molar-refractivity contribution in [3.8, 4) is 0 Å². The Morgan fingerprint density at radius 3 is 2.71 bits per heavy atom. The molecule has 100 valence electrons. The van der Waals surface area contributed by atoms with Crippen molar-refractivity contribution in [3.05, 3.63) is 0 Å². The predicted molar refractivity (Wildman–Crippen MR) is 63.6 cm³/mol. The first-order valence-electron chi connectivity index (χ1n) is 6.10. The number of carbonyl (C=O) groups excluding carboxylic acids is 1. The molecule has 5 nitrogen and oxygen atoms in total. The molecule has 1 aliphatic heterocycles.